The van der Waals surface area contributed by atoms with E-state index in [2.05, 4.69) is 47.0 Å². The quantitative estimate of drug-likeness (QED) is 0.182. The van der Waals surface area contributed by atoms with Crippen LogP contribution < -0.4 is 19.8 Å². The molecule has 2 heterocycles. The highest BCUT2D eigenvalue weighted by molar-refractivity contribution is 5.93. The smallest absolute Gasteiger partial charge is 0.307 e. The number of nitrogens with zero attached hydrogens (tertiary/aromatic N) is 3. The minimum Gasteiger partial charge on any atom is -0.486 e. The summed E-state index contributed by atoms with van der Waals surface area (Å²) in [6, 6.07) is 20.9. The number of anilines is 1. The van der Waals surface area contributed by atoms with E-state index in [1.54, 1.807) is 12.1 Å². The van der Waals surface area contributed by atoms with Crippen molar-refractivity contribution < 1.29 is 18.7 Å². The summed E-state index contributed by atoms with van der Waals surface area (Å²) in [6.45, 7) is 4.45. The van der Waals surface area contributed by atoms with Crippen LogP contribution in [-0.4, -0.2) is 37.4 Å². The van der Waals surface area contributed by atoms with Crippen molar-refractivity contribution >= 4 is 17.8 Å². The maximum Gasteiger partial charge on any atom is 0.307 e. The van der Waals surface area contributed by atoms with Crippen molar-refractivity contribution in [3.63, 3.8) is 0 Å². The predicted molar refractivity (Wildman–Crippen MR) is 148 cm³/mol. The molecule has 4 aromatic rings. The molecule has 0 bridgehead atoms. The first-order valence-corrected chi connectivity index (χ1v) is 12.0. The van der Waals surface area contributed by atoms with Gasteiger partial charge in [0, 0.05) is 48.5 Å². The molecule has 1 N–H and O–H groups in total. The van der Waals surface area contributed by atoms with Gasteiger partial charge in [-0.1, -0.05) is 5.92 Å². The fourth-order valence-electron chi connectivity index (χ4n) is 3.87. The Morgan fingerprint density at radius 1 is 1.05 bits per heavy atom. The molecule has 0 spiro atoms. The summed E-state index contributed by atoms with van der Waals surface area (Å²) in [4.78, 5) is 14.5. The molecule has 0 atom stereocenters. The minimum absolute atomic E-state index is 0.123. The summed E-state index contributed by atoms with van der Waals surface area (Å²) in [5, 5.41) is 4.04. The highest BCUT2D eigenvalue weighted by atomic mass is 16.5. The molecule has 0 saturated heterocycles. The lowest BCUT2D eigenvalue weighted by Gasteiger charge is -2.15. The van der Waals surface area contributed by atoms with Crippen LogP contribution in [0.4, 0.5) is 5.69 Å². The van der Waals surface area contributed by atoms with Crippen molar-refractivity contribution in [2.75, 3.05) is 25.6 Å². The standard InChI is InChI=1S/C30H30N4O4/c1-6-17-36-29-18-25(33(4)5)10-9-23(29)19-31-32-30(35)28-16-15-27(38-28)20-37-26-13-11-24(12-14-26)34-21(2)7-8-22(34)3/h1,7-16,18-19H,17,20H2,2-5H3,(H,32,35)/b31-19+. The zero-order chi connectivity index (χ0) is 27.1. The highest BCUT2D eigenvalue weighted by Crippen LogP contribution is 2.24. The van der Waals surface area contributed by atoms with Gasteiger partial charge in [0.05, 0.1) is 6.21 Å². The number of hydrazone groups is 1. The van der Waals surface area contributed by atoms with Crippen LogP contribution in [-0.2, 0) is 6.61 Å². The van der Waals surface area contributed by atoms with E-state index in [9.17, 15) is 4.79 Å². The third-order valence-electron chi connectivity index (χ3n) is 5.83. The lowest BCUT2D eigenvalue weighted by molar-refractivity contribution is 0.0923. The molecule has 0 aliphatic heterocycles. The summed E-state index contributed by atoms with van der Waals surface area (Å²) in [5.41, 5.74) is 7.50. The van der Waals surface area contributed by atoms with E-state index in [0.717, 1.165) is 11.4 Å². The number of terminal acetylenes is 1. The second kappa shape index (κ2) is 11.9. The van der Waals surface area contributed by atoms with Crippen molar-refractivity contribution in [2.45, 2.75) is 20.5 Å². The molecule has 0 aliphatic carbocycles. The number of furan rings is 1. The molecule has 38 heavy (non-hydrogen) atoms. The molecule has 0 radical (unpaired) electrons. The second-order valence-electron chi connectivity index (χ2n) is 8.81. The Balaban J connectivity index is 1.33. The Bertz CT molecular complexity index is 1450. The first-order valence-electron chi connectivity index (χ1n) is 12.0. The number of nitrogens with one attached hydrogen (secondary N) is 1. The van der Waals surface area contributed by atoms with Crippen LogP contribution in [0.2, 0.25) is 0 Å². The number of ether oxygens (including phenoxy) is 2. The van der Waals surface area contributed by atoms with Crippen molar-refractivity contribution in [1.29, 1.82) is 0 Å². The Hall–Kier alpha value is -4.90. The fraction of sp³-hybridized carbons (Fsp3) is 0.200. The predicted octanol–water partition coefficient (Wildman–Crippen LogP) is 5.11. The molecule has 1 amide bonds. The maximum atomic E-state index is 12.5. The zero-order valence-corrected chi connectivity index (χ0v) is 21.9. The number of aryl methyl sites for hydroxylation is 2. The molecule has 2 aromatic heterocycles. The van der Waals surface area contributed by atoms with Gasteiger partial charge >= 0.3 is 5.91 Å². The second-order valence-corrected chi connectivity index (χ2v) is 8.81. The van der Waals surface area contributed by atoms with E-state index < -0.39 is 5.91 Å². The molecule has 0 aliphatic rings. The van der Waals surface area contributed by atoms with Crippen LogP contribution in [0.1, 0.15) is 33.3 Å². The van der Waals surface area contributed by atoms with E-state index >= 15 is 0 Å². The molecule has 4 rings (SSSR count). The van der Waals surface area contributed by atoms with E-state index in [4.69, 9.17) is 20.3 Å². The Morgan fingerprint density at radius 3 is 2.47 bits per heavy atom. The number of aromatic nitrogens is 1. The normalized spacial score (nSPS) is 10.8. The van der Waals surface area contributed by atoms with Crippen LogP contribution in [0.25, 0.3) is 5.69 Å². The summed E-state index contributed by atoms with van der Waals surface area (Å²) in [5.74, 6) is 3.88. The average molecular weight is 511 g/mol. The number of amides is 1. The summed E-state index contributed by atoms with van der Waals surface area (Å²) in [7, 11) is 3.86. The molecule has 194 valence electrons. The van der Waals surface area contributed by atoms with E-state index in [1.165, 1.54) is 17.6 Å². The Morgan fingerprint density at radius 2 is 1.79 bits per heavy atom. The number of hydrogen-bond donors (Lipinski definition) is 1. The Kier molecular flexibility index (Phi) is 8.19. The topological polar surface area (TPSA) is 81.2 Å². The third kappa shape index (κ3) is 6.26. The van der Waals surface area contributed by atoms with Gasteiger partial charge in [-0.2, -0.15) is 5.10 Å². The van der Waals surface area contributed by atoms with Crippen LogP contribution in [0.15, 0.2) is 76.2 Å². The van der Waals surface area contributed by atoms with Crippen molar-refractivity contribution in [1.82, 2.24) is 9.99 Å². The number of carbonyl (C=O) groups is 1. The van der Waals surface area contributed by atoms with Gasteiger partial charge in [0.15, 0.2) is 5.76 Å². The van der Waals surface area contributed by atoms with E-state index in [0.29, 0.717) is 22.8 Å². The number of hydrogen-bond acceptors (Lipinski definition) is 6. The maximum absolute atomic E-state index is 12.5. The zero-order valence-electron chi connectivity index (χ0n) is 21.9. The minimum atomic E-state index is -0.481. The number of benzene rings is 2. The first kappa shape index (κ1) is 26.2. The largest absolute Gasteiger partial charge is 0.486 e. The number of carbonyl (C=O) groups excluding carboxylic acids is 1. The van der Waals surface area contributed by atoms with Gasteiger partial charge in [0.25, 0.3) is 0 Å². The van der Waals surface area contributed by atoms with E-state index in [-0.39, 0.29) is 19.0 Å². The van der Waals surface area contributed by atoms with Crippen molar-refractivity contribution in [3.05, 3.63) is 95.2 Å². The molecule has 0 fully saturated rings. The molecule has 0 saturated carbocycles. The lowest BCUT2D eigenvalue weighted by Crippen LogP contribution is -2.17. The summed E-state index contributed by atoms with van der Waals surface area (Å²) in [6.07, 6.45) is 6.82. The average Bonchev–Trinajstić information content (AvgIpc) is 3.53. The third-order valence-corrected chi connectivity index (χ3v) is 5.83. The van der Waals surface area contributed by atoms with Gasteiger partial charge in [0.2, 0.25) is 0 Å². The van der Waals surface area contributed by atoms with Crippen LogP contribution >= 0.6 is 0 Å². The lowest BCUT2D eigenvalue weighted by atomic mass is 10.2. The van der Waals surface area contributed by atoms with Crippen molar-refractivity contribution in [2.24, 2.45) is 5.10 Å². The molecule has 2 aromatic carbocycles. The van der Waals surface area contributed by atoms with Gasteiger partial charge in [-0.05, 0) is 74.5 Å². The van der Waals surface area contributed by atoms with Gasteiger partial charge < -0.3 is 23.4 Å². The summed E-state index contributed by atoms with van der Waals surface area (Å²) < 4.78 is 19.3. The van der Waals surface area contributed by atoms with Crippen LogP contribution in [0.3, 0.4) is 0 Å². The van der Waals surface area contributed by atoms with Gasteiger partial charge in [-0.15, -0.1) is 6.42 Å². The monoisotopic (exact) mass is 510 g/mol. The van der Waals surface area contributed by atoms with Gasteiger partial charge in [0.1, 0.15) is 30.5 Å². The molecular weight excluding hydrogens is 480 g/mol. The number of rotatable bonds is 10. The molecule has 8 heteroatoms. The van der Waals surface area contributed by atoms with E-state index in [1.807, 2.05) is 61.5 Å². The first-order chi connectivity index (χ1) is 18.4. The van der Waals surface area contributed by atoms with Crippen LogP contribution in [0.5, 0.6) is 11.5 Å². The highest BCUT2D eigenvalue weighted by Gasteiger charge is 2.12. The fourth-order valence-corrected chi connectivity index (χ4v) is 3.87. The van der Waals surface area contributed by atoms with Gasteiger partial charge in [-0.3, -0.25) is 4.79 Å². The Labute approximate surface area is 222 Å². The summed E-state index contributed by atoms with van der Waals surface area (Å²) >= 11 is 0. The molecular formula is C30H30N4O4. The van der Waals surface area contributed by atoms with Gasteiger partial charge in [-0.25, -0.2) is 5.43 Å². The SMILES string of the molecule is C#CCOc1cc(N(C)C)ccc1/C=N/NC(=O)c1ccc(COc2ccc(-n3c(C)ccc3C)cc2)o1. The molecule has 0 unspecified atom stereocenters. The van der Waals surface area contributed by atoms with Crippen molar-refractivity contribution in [3.8, 4) is 29.5 Å². The molecule has 8 nitrogen and oxygen atoms in total. The van der Waals surface area contributed by atoms with Crippen LogP contribution in [0, 0.1) is 26.2 Å².